The van der Waals surface area contributed by atoms with Crippen LogP contribution < -0.4 is 10.1 Å². The molecule has 0 radical (unpaired) electrons. The number of aromatic nitrogens is 3. The van der Waals surface area contributed by atoms with Crippen LogP contribution in [0.5, 0.6) is 5.75 Å². The molecule has 1 aromatic carbocycles. The van der Waals surface area contributed by atoms with E-state index in [0.717, 1.165) is 10.7 Å². The van der Waals surface area contributed by atoms with Crippen LogP contribution in [0.2, 0.25) is 10.0 Å². The lowest BCUT2D eigenvalue weighted by atomic mass is 10.3. The Morgan fingerprint density at radius 3 is 3.13 bits per heavy atom. The van der Waals surface area contributed by atoms with E-state index in [2.05, 4.69) is 15.4 Å². The number of benzene rings is 1. The Morgan fingerprint density at radius 1 is 1.39 bits per heavy atom. The molecule has 0 aliphatic rings. The maximum Gasteiger partial charge on any atom is 0.257 e. The van der Waals surface area contributed by atoms with Gasteiger partial charge in [0, 0.05) is 29.4 Å². The Morgan fingerprint density at radius 2 is 2.26 bits per heavy atom. The molecule has 2 heterocycles. The summed E-state index contributed by atoms with van der Waals surface area (Å²) in [5.41, 5.74) is 1.00. The number of fused-ring (bicyclic) bond motifs is 1. The highest BCUT2D eigenvalue weighted by Gasteiger charge is 2.08. The Balaban J connectivity index is 1.46. The van der Waals surface area contributed by atoms with Crippen molar-refractivity contribution in [3.63, 3.8) is 0 Å². The number of halogens is 2. The Kier molecular flexibility index (Phi) is 5.00. The number of hydrogen-bond donors (Lipinski definition) is 1. The van der Waals surface area contributed by atoms with E-state index >= 15 is 0 Å². The number of carbonyl (C=O) groups excluding carboxylic acids is 1. The fraction of sp³-hybridized carbons (Fsp3) is 0.214. The van der Waals surface area contributed by atoms with Crippen molar-refractivity contribution in [2.24, 2.45) is 0 Å². The molecule has 0 aliphatic carbocycles. The van der Waals surface area contributed by atoms with Gasteiger partial charge in [-0.2, -0.15) is 5.10 Å². The van der Waals surface area contributed by atoms with Gasteiger partial charge in [-0.05, 0) is 12.1 Å². The maximum atomic E-state index is 11.8. The Labute approximate surface area is 146 Å². The largest absolute Gasteiger partial charge is 0.482 e. The zero-order valence-electron chi connectivity index (χ0n) is 11.8. The quantitative estimate of drug-likeness (QED) is 0.724. The standard InChI is InChI=1S/C14H12Cl2N4O2S/c15-9-1-2-11(16)12(5-9)22-6-13(21)17-4-3-10-7-23-14-18-8-19-20(10)14/h1-2,5,7-8H,3-4,6H2,(H,17,21). The van der Waals surface area contributed by atoms with Crippen molar-refractivity contribution < 1.29 is 9.53 Å². The molecular formula is C14H12Cl2N4O2S. The molecule has 3 rings (SSSR count). The van der Waals surface area contributed by atoms with Gasteiger partial charge in [-0.1, -0.05) is 23.2 Å². The smallest absolute Gasteiger partial charge is 0.257 e. The predicted octanol–water partition coefficient (Wildman–Crippen LogP) is 2.84. The van der Waals surface area contributed by atoms with Gasteiger partial charge in [0.1, 0.15) is 12.1 Å². The maximum absolute atomic E-state index is 11.8. The number of thiazole rings is 1. The van der Waals surface area contributed by atoms with Crippen molar-refractivity contribution in [1.29, 1.82) is 0 Å². The average Bonchev–Trinajstić information content (AvgIpc) is 3.13. The Hall–Kier alpha value is -1.83. The summed E-state index contributed by atoms with van der Waals surface area (Å²) in [5, 5.41) is 9.79. The van der Waals surface area contributed by atoms with Crippen LogP contribution in [0.4, 0.5) is 0 Å². The molecule has 3 aromatic rings. The molecule has 0 bridgehead atoms. The van der Waals surface area contributed by atoms with Gasteiger partial charge in [0.05, 0.1) is 10.7 Å². The van der Waals surface area contributed by atoms with E-state index in [-0.39, 0.29) is 12.5 Å². The number of hydrogen-bond acceptors (Lipinski definition) is 5. The third-order valence-corrected chi connectivity index (χ3v) is 4.47. The van der Waals surface area contributed by atoms with Crippen LogP contribution in [0, 0.1) is 0 Å². The summed E-state index contributed by atoms with van der Waals surface area (Å²) in [5.74, 6) is 0.155. The van der Waals surface area contributed by atoms with Crippen LogP contribution in [-0.4, -0.2) is 33.7 Å². The van der Waals surface area contributed by atoms with Gasteiger partial charge < -0.3 is 10.1 Å². The van der Waals surface area contributed by atoms with E-state index in [1.54, 1.807) is 22.7 Å². The number of amides is 1. The highest BCUT2D eigenvalue weighted by atomic mass is 35.5. The molecule has 1 N–H and O–H groups in total. The van der Waals surface area contributed by atoms with Crippen molar-refractivity contribution in [2.45, 2.75) is 6.42 Å². The van der Waals surface area contributed by atoms with E-state index in [4.69, 9.17) is 27.9 Å². The first-order chi connectivity index (χ1) is 11.1. The summed E-state index contributed by atoms with van der Waals surface area (Å²) in [4.78, 5) is 16.7. The molecule has 120 valence electrons. The van der Waals surface area contributed by atoms with Gasteiger partial charge in [-0.3, -0.25) is 4.79 Å². The minimum Gasteiger partial charge on any atom is -0.482 e. The summed E-state index contributed by atoms with van der Waals surface area (Å²) in [6.45, 7) is 0.361. The molecular weight excluding hydrogens is 359 g/mol. The molecule has 0 aliphatic heterocycles. The monoisotopic (exact) mass is 370 g/mol. The molecule has 0 saturated heterocycles. The minimum absolute atomic E-state index is 0.123. The van der Waals surface area contributed by atoms with Gasteiger partial charge in [-0.15, -0.1) is 11.3 Å². The average molecular weight is 371 g/mol. The minimum atomic E-state index is -0.230. The van der Waals surface area contributed by atoms with E-state index in [1.807, 2.05) is 5.38 Å². The molecule has 0 unspecified atom stereocenters. The second-order valence-corrected chi connectivity index (χ2v) is 6.33. The molecule has 0 fully saturated rings. The molecule has 0 atom stereocenters. The fourth-order valence-electron chi connectivity index (χ4n) is 1.96. The van der Waals surface area contributed by atoms with Crippen molar-refractivity contribution in [3.8, 4) is 5.75 Å². The Bertz CT molecular complexity index is 833. The number of nitrogens with zero attached hydrogens (tertiary/aromatic N) is 3. The lowest BCUT2D eigenvalue weighted by molar-refractivity contribution is -0.123. The van der Waals surface area contributed by atoms with Gasteiger partial charge in [0.25, 0.3) is 5.91 Å². The van der Waals surface area contributed by atoms with Crippen molar-refractivity contribution in [3.05, 3.63) is 45.6 Å². The number of carbonyl (C=O) groups is 1. The lowest BCUT2D eigenvalue weighted by Gasteiger charge is -2.09. The zero-order valence-corrected chi connectivity index (χ0v) is 14.2. The van der Waals surface area contributed by atoms with E-state index < -0.39 is 0 Å². The van der Waals surface area contributed by atoms with Crippen LogP contribution in [0.15, 0.2) is 29.9 Å². The molecule has 23 heavy (non-hydrogen) atoms. The first-order valence-corrected chi connectivity index (χ1v) is 8.37. The topological polar surface area (TPSA) is 68.5 Å². The normalized spacial score (nSPS) is 10.9. The number of ether oxygens (including phenoxy) is 1. The highest BCUT2D eigenvalue weighted by molar-refractivity contribution is 7.15. The van der Waals surface area contributed by atoms with Gasteiger partial charge in [-0.25, -0.2) is 9.50 Å². The van der Waals surface area contributed by atoms with Crippen LogP contribution in [0.25, 0.3) is 4.96 Å². The summed E-state index contributed by atoms with van der Waals surface area (Å²) in [7, 11) is 0. The van der Waals surface area contributed by atoms with Crippen LogP contribution in [-0.2, 0) is 11.2 Å². The molecule has 9 heteroatoms. The second-order valence-electron chi connectivity index (χ2n) is 4.64. The van der Waals surface area contributed by atoms with Crippen molar-refractivity contribution in [1.82, 2.24) is 19.9 Å². The third kappa shape index (κ3) is 3.93. The van der Waals surface area contributed by atoms with Crippen molar-refractivity contribution >= 4 is 45.4 Å². The van der Waals surface area contributed by atoms with Gasteiger partial charge in [0.15, 0.2) is 6.61 Å². The first kappa shape index (κ1) is 16.0. The van der Waals surface area contributed by atoms with Crippen molar-refractivity contribution in [2.75, 3.05) is 13.2 Å². The highest BCUT2D eigenvalue weighted by Crippen LogP contribution is 2.27. The van der Waals surface area contributed by atoms with Crippen LogP contribution in [0.1, 0.15) is 5.69 Å². The third-order valence-electron chi connectivity index (χ3n) is 3.04. The predicted molar refractivity (Wildman–Crippen MR) is 89.5 cm³/mol. The number of rotatable bonds is 6. The summed E-state index contributed by atoms with van der Waals surface area (Å²) in [6.07, 6.45) is 2.17. The number of nitrogens with one attached hydrogen (secondary N) is 1. The molecule has 1 amide bonds. The summed E-state index contributed by atoms with van der Waals surface area (Å²) in [6, 6.07) is 4.85. The molecule has 0 saturated carbocycles. The second kappa shape index (κ2) is 7.16. The molecule has 6 nitrogen and oxygen atoms in total. The van der Waals surface area contributed by atoms with Crippen LogP contribution >= 0.6 is 34.5 Å². The summed E-state index contributed by atoms with van der Waals surface area (Å²) >= 11 is 13.3. The van der Waals surface area contributed by atoms with E-state index in [1.165, 1.54) is 17.7 Å². The first-order valence-electron chi connectivity index (χ1n) is 6.74. The summed E-state index contributed by atoms with van der Waals surface area (Å²) < 4.78 is 7.13. The zero-order chi connectivity index (χ0) is 16.2. The van der Waals surface area contributed by atoms with Crippen LogP contribution in [0.3, 0.4) is 0 Å². The van der Waals surface area contributed by atoms with Gasteiger partial charge in [0.2, 0.25) is 4.96 Å². The lowest BCUT2D eigenvalue weighted by Crippen LogP contribution is -2.30. The van der Waals surface area contributed by atoms with Gasteiger partial charge >= 0.3 is 0 Å². The molecule has 0 spiro atoms. The van der Waals surface area contributed by atoms with E-state index in [9.17, 15) is 4.79 Å². The fourth-order valence-corrected chi connectivity index (χ4v) is 3.12. The van der Waals surface area contributed by atoms with E-state index in [0.29, 0.717) is 28.8 Å². The SMILES string of the molecule is O=C(COc1cc(Cl)ccc1Cl)NCCc1csc2ncnn12. The molecule has 2 aromatic heterocycles.